The van der Waals surface area contributed by atoms with Crippen molar-refractivity contribution in [1.29, 1.82) is 0 Å². The summed E-state index contributed by atoms with van der Waals surface area (Å²) in [5.74, 6) is -1.34. The molecule has 2 unspecified atom stereocenters. The first-order chi connectivity index (χ1) is 11.9. The number of rotatable bonds is 4. The van der Waals surface area contributed by atoms with Crippen LogP contribution in [-0.2, 0) is 14.4 Å². The zero-order chi connectivity index (χ0) is 18.0. The Bertz CT molecular complexity index is 716. The van der Waals surface area contributed by atoms with E-state index in [9.17, 15) is 18.4 Å². The van der Waals surface area contributed by atoms with Crippen molar-refractivity contribution in [2.75, 3.05) is 12.3 Å². The Morgan fingerprint density at radius 1 is 1.36 bits per heavy atom. The van der Waals surface area contributed by atoms with E-state index in [1.54, 1.807) is 0 Å². The number of nitrogens with zero attached hydrogens (tertiary/aromatic N) is 1. The van der Waals surface area contributed by atoms with E-state index >= 15 is 0 Å². The molecule has 1 aromatic rings. The molecule has 2 aliphatic rings. The number of benzene rings is 1. The topological polar surface area (TPSA) is 67.8 Å². The van der Waals surface area contributed by atoms with E-state index in [2.05, 4.69) is 10.5 Å². The van der Waals surface area contributed by atoms with Gasteiger partial charge in [0.1, 0.15) is 17.7 Å². The Kier molecular flexibility index (Phi) is 5.36. The van der Waals surface area contributed by atoms with Gasteiger partial charge in [0, 0.05) is 36.6 Å². The predicted molar refractivity (Wildman–Crippen MR) is 90.5 cm³/mol. The van der Waals surface area contributed by atoms with Crippen LogP contribution in [0, 0.1) is 11.6 Å². The first kappa shape index (κ1) is 17.8. The third-order valence-electron chi connectivity index (χ3n) is 4.27. The Balaban J connectivity index is 1.74. The van der Waals surface area contributed by atoms with Gasteiger partial charge in [-0.2, -0.15) is 0 Å². The number of oxime groups is 1. The van der Waals surface area contributed by atoms with E-state index in [0.717, 1.165) is 0 Å². The van der Waals surface area contributed by atoms with Crippen LogP contribution >= 0.6 is 11.8 Å². The molecule has 0 spiro atoms. The van der Waals surface area contributed by atoms with Gasteiger partial charge < -0.3 is 10.2 Å². The second-order valence-corrected chi connectivity index (χ2v) is 7.32. The molecule has 2 heterocycles. The van der Waals surface area contributed by atoms with Crippen molar-refractivity contribution in [3.63, 3.8) is 0 Å². The van der Waals surface area contributed by atoms with Crippen LogP contribution in [0.25, 0.3) is 0 Å². The molecule has 1 fully saturated rings. The number of hydrogen-bond acceptors (Lipinski definition) is 5. The molecule has 8 heteroatoms. The summed E-state index contributed by atoms with van der Waals surface area (Å²) in [7, 11) is 0. The van der Waals surface area contributed by atoms with Crippen LogP contribution in [0.5, 0.6) is 0 Å². The minimum atomic E-state index is -0.660. The van der Waals surface area contributed by atoms with Crippen LogP contribution in [0.1, 0.15) is 43.2 Å². The third-order valence-corrected chi connectivity index (χ3v) is 5.20. The normalized spacial score (nSPS) is 23.2. The monoisotopic (exact) mass is 368 g/mol. The molecule has 0 aliphatic carbocycles. The van der Waals surface area contributed by atoms with Gasteiger partial charge in [0.15, 0.2) is 5.12 Å². The fourth-order valence-electron chi connectivity index (χ4n) is 3.03. The number of carbonyl (C=O) groups excluding carboxylic acids is 2. The van der Waals surface area contributed by atoms with Crippen molar-refractivity contribution in [1.82, 2.24) is 5.32 Å². The summed E-state index contributed by atoms with van der Waals surface area (Å²) in [5, 5.41) is 6.46. The van der Waals surface area contributed by atoms with E-state index in [0.29, 0.717) is 29.9 Å². The van der Waals surface area contributed by atoms with Gasteiger partial charge in [0.25, 0.3) is 0 Å². The predicted octanol–water partition coefficient (Wildman–Crippen LogP) is 2.73. The number of nitrogens with one attached hydrogen (secondary N) is 1. The quantitative estimate of drug-likeness (QED) is 0.887. The highest BCUT2D eigenvalue weighted by molar-refractivity contribution is 8.13. The van der Waals surface area contributed by atoms with E-state index in [1.807, 2.05) is 0 Å². The molecule has 1 amide bonds. The van der Waals surface area contributed by atoms with E-state index in [4.69, 9.17) is 4.84 Å². The van der Waals surface area contributed by atoms with E-state index in [1.165, 1.54) is 30.8 Å². The van der Waals surface area contributed by atoms with Crippen LogP contribution in [0.4, 0.5) is 8.78 Å². The number of carbonyl (C=O) groups is 2. The summed E-state index contributed by atoms with van der Waals surface area (Å²) in [4.78, 5) is 27.7. The van der Waals surface area contributed by atoms with Crippen molar-refractivity contribution in [3.05, 3.63) is 34.9 Å². The Hall–Kier alpha value is -1.96. The highest BCUT2D eigenvalue weighted by atomic mass is 32.2. The first-order valence-electron chi connectivity index (χ1n) is 8.06. The lowest BCUT2D eigenvalue weighted by molar-refractivity contribution is -0.119. The third kappa shape index (κ3) is 4.18. The molecule has 0 radical (unpaired) electrons. The lowest BCUT2D eigenvalue weighted by Crippen LogP contribution is -2.30. The highest BCUT2D eigenvalue weighted by Crippen LogP contribution is 2.36. The molecule has 3 rings (SSSR count). The van der Waals surface area contributed by atoms with Crippen molar-refractivity contribution in [2.24, 2.45) is 5.16 Å². The minimum absolute atomic E-state index is 0.0216. The fourth-order valence-corrected chi connectivity index (χ4v) is 3.98. The molecule has 1 saturated heterocycles. The lowest BCUT2D eigenvalue weighted by Gasteiger charge is -2.22. The molecule has 25 heavy (non-hydrogen) atoms. The van der Waals surface area contributed by atoms with Crippen LogP contribution in [-0.4, -0.2) is 35.1 Å². The van der Waals surface area contributed by atoms with Gasteiger partial charge in [-0.25, -0.2) is 8.78 Å². The zero-order valence-electron chi connectivity index (χ0n) is 13.7. The maximum Gasteiger partial charge on any atom is 0.217 e. The van der Waals surface area contributed by atoms with Crippen molar-refractivity contribution in [3.8, 4) is 0 Å². The number of halogens is 2. The molecule has 2 atom stereocenters. The van der Waals surface area contributed by atoms with Gasteiger partial charge in [-0.15, -0.1) is 0 Å². The van der Waals surface area contributed by atoms with Crippen molar-refractivity contribution in [2.45, 2.75) is 38.2 Å². The van der Waals surface area contributed by atoms with Crippen LogP contribution in [0.3, 0.4) is 0 Å². The van der Waals surface area contributed by atoms with Gasteiger partial charge >= 0.3 is 0 Å². The molecule has 0 saturated carbocycles. The second kappa shape index (κ2) is 7.51. The SMILES string of the molecule is CC(=O)NCC1CC(c2cc(F)c(C3CCSC(=O)C3)c(F)c2)=NO1. The fraction of sp³-hybridized carbons (Fsp3) is 0.471. The number of hydrogen-bond donors (Lipinski definition) is 1. The number of amides is 1. The second-order valence-electron chi connectivity index (χ2n) is 6.17. The van der Waals surface area contributed by atoms with Gasteiger partial charge in [-0.1, -0.05) is 16.9 Å². The smallest absolute Gasteiger partial charge is 0.217 e. The average molecular weight is 368 g/mol. The summed E-state index contributed by atoms with van der Waals surface area (Å²) in [6, 6.07) is 2.49. The van der Waals surface area contributed by atoms with Crippen LogP contribution in [0.15, 0.2) is 17.3 Å². The van der Waals surface area contributed by atoms with Gasteiger partial charge in [0.2, 0.25) is 5.91 Å². The Labute approximate surface area is 148 Å². The Morgan fingerprint density at radius 2 is 2.08 bits per heavy atom. The zero-order valence-corrected chi connectivity index (χ0v) is 14.5. The molecular weight excluding hydrogens is 350 g/mol. The summed E-state index contributed by atoms with van der Waals surface area (Å²) < 4.78 is 29.0. The largest absolute Gasteiger partial charge is 0.390 e. The summed E-state index contributed by atoms with van der Waals surface area (Å²) in [5.41, 5.74) is 0.738. The Morgan fingerprint density at radius 3 is 2.72 bits per heavy atom. The molecule has 2 aliphatic heterocycles. The highest BCUT2D eigenvalue weighted by Gasteiger charge is 2.29. The van der Waals surface area contributed by atoms with Gasteiger partial charge in [-0.05, 0) is 24.5 Å². The van der Waals surface area contributed by atoms with Gasteiger partial charge in [-0.3, -0.25) is 9.59 Å². The van der Waals surface area contributed by atoms with Gasteiger partial charge in [0.05, 0.1) is 12.3 Å². The average Bonchev–Trinajstić information content (AvgIpc) is 3.01. The molecule has 0 bridgehead atoms. The van der Waals surface area contributed by atoms with Crippen molar-refractivity contribution >= 4 is 28.5 Å². The molecule has 1 aromatic carbocycles. The molecular formula is C17H18F2N2O3S. The molecule has 1 N–H and O–H groups in total. The summed E-state index contributed by atoms with van der Waals surface area (Å²) in [6.07, 6.45) is 0.738. The van der Waals surface area contributed by atoms with Crippen LogP contribution < -0.4 is 5.32 Å². The van der Waals surface area contributed by atoms with E-state index < -0.39 is 17.6 Å². The maximum absolute atomic E-state index is 14.5. The van der Waals surface area contributed by atoms with Crippen molar-refractivity contribution < 1.29 is 23.2 Å². The molecule has 134 valence electrons. The summed E-state index contributed by atoms with van der Waals surface area (Å²) >= 11 is 1.21. The van der Waals surface area contributed by atoms with Crippen LogP contribution in [0.2, 0.25) is 0 Å². The summed E-state index contributed by atoms with van der Waals surface area (Å²) in [6.45, 7) is 1.68. The number of thioether (sulfide) groups is 1. The lowest BCUT2D eigenvalue weighted by atomic mass is 9.90. The molecule has 5 nitrogen and oxygen atoms in total. The standard InChI is InChI=1S/C17H18F2N2O3S/c1-9(22)20-8-12-7-15(21-24-12)11-4-13(18)17(14(19)5-11)10-2-3-25-16(23)6-10/h4-5,10,12H,2-3,6-8H2,1H3,(H,20,22). The maximum atomic E-state index is 14.5. The van der Waals surface area contributed by atoms with E-state index in [-0.39, 0.29) is 35.7 Å². The minimum Gasteiger partial charge on any atom is -0.390 e. The first-order valence-corrected chi connectivity index (χ1v) is 9.04. The molecule has 0 aromatic heterocycles.